The van der Waals surface area contributed by atoms with Crippen LogP contribution in [0.3, 0.4) is 0 Å². The number of anilines is 2. The van der Waals surface area contributed by atoms with Crippen molar-refractivity contribution in [2.45, 2.75) is 0 Å². The van der Waals surface area contributed by atoms with Crippen LogP contribution in [0.25, 0.3) is 10.9 Å². The van der Waals surface area contributed by atoms with Gasteiger partial charge >= 0.3 is 0 Å². The second-order valence-corrected chi connectivity index (χ2v) is 5.24. The molecule has 1 heterocycles. The molecular formula is C14H7Cl2F2N3O. The summed E-state index contributed by atoms with van der Waals surface area (Å²) in [7, 11) is 0. The fourth-order valence-electron chi connectivity index (χ4n) is 1.97. The molecule has 0 radical (unpaired) electrons. The van der Waals surface area contributed by atoms with E-state index < -0.39 is 17.2 Å². The van der Waals surface area contributed by atoms with Crippen LogP contribution >= 0.6 is 23.2 Å². The highest BCUT2D eigenvalue weighted by atomic mass is 35.5. The van der Waals surface area contributed by atoms with E-state index in [0.29, 0.717) is 0 Å². The Hall–Kier alpha value is -2.18. The molecule has 0 fully saturated rings. The first-order chi connectivity index (χ1) is 10.4. The fraction of sp³-hybridized carbons (Fsp3) is 0. The zero-order valence-electron chi connectivity index (χ0n) is 10.8. The number of hydrogen-bond donors (Lipinski definition) is 2. The number of hydrogen-bond acceptors (Lipinski definition) is 3. The molecule has 3 aromatic rings. The van der Waals surface area contributed by atoms with Crippen LogP contribution in [-0.2, 0) is 0 Å². The van der Waals surface area contributed by atoms with Crippen molar-refractivity contribution < 1.29 is 8.78 Å². The maximum absolute atomic E-state index is 13.2. The molecule has 0 saturated heterocycles. The summed E-state index contributed by atoms with van der Waals surface area (Å²) in [6.45, 7) is 0. The normalized spacial score (nSPS) is 10.9. The van der Waals surface area contributed by atoms with Gasteiger partial charge in [-0.05, 0) is 24.3 Å². The van der Waals surface area contributed by atoms with Crippen LogP contribution in [0.4, 0.5) is 20.4 Å². The van der Waals surface area contributed by atoms with Gasteiger partial charge in [0.25, 0.3) is 5.56 Å². The molecule has 8 heteroatoms. The van der Waals surface area contributed by atoms with Crippen molar-refractivity contribution in [2.24, 2.45) is 0 Å². The highest BCUT2D eigenvalue weighted by Crippen LogP contribution is 2.28. The SMILES string of the molecule is O=c1[nH]c(Nc2cc(F)cc(F)c2)nc2c(Cl)c(Cl)ccc12. The number of benzene rings is 2. The Morgan fingerprint density at radius 1 is 1.09 bits per heavy atom. The molecular weight excluding hydrogens is 335 g/mol. The lowest BCUT2D eigenvalue weighted by Crippen LogP contribution is -2.11. The third kappa shape index (κ3) is 2.75. The van der Waals surface area contributed by atoms with Crippen molar-refractivity contribution in [3.8, 4) is 0 Å². The molecule has 0 atom stereocenters. The number of aromatic nitrogens is 2. The van der Waals surface area contributed by atoms with Gasteiger partial charge in [-0.25, -0.2) is 13.8 Å². The number of halogens is 4. The zero-order chi connectivity index (χ0) is 15.9. The molecule has 4 nitrogen and oxygen atoms in total. The summed E-state index contributed by atoms with van der Waals surface area (Å²) < 4.78 is 26.3. The van der Waals surface area contributed by atoms with Crippen LogP contribution in [0.1, 0.15) is 0 Å². The number of H-pyrrole nitrogens is 1. The van der Waals surface area contributed by atoms with E-state index in [0.717, 1.165) is 18.2 Å². The van der Waals surface area contributed by atoms with Gasteiger partial charge in [-0.3, -0.25) is 9.78 Å². The van der Waals surface area contributed by atoms with E-state index in [1.807, 2.05) is 0 Å². The van der Waals surface area contributed by atoms with Crippen molar-refractivity contribution in [1.29, 1.82) is 0 Å². The van der Waals surface area contributed by atoms with E-state index in [1.165, 1.54) is 12.1 Å². The Labute approximate surface area is 132 Å². The Kier molecular flexibility index (Phi) is 3.72. The topological polar surface area (TPSA) is 57.8 Å². The lowest BCUT2D eigenvalue weighted by atomic mass is 10.2. The van der Waals surface area contributed by atoms with Crippen molar-refractivity contribution >= 4 is 45.7 Å². The molecule has 2 N–H and O–H groups in total. The summed E-state index contributed by atoms with van der Waals surface area (Å²) in [6, 6.07) is 5.83. The Bertz CT molecular complexity index is 923. The van der Waals surface area contributed by atoms with Crippen LogP contribution in [-0.4, -0.2) is 9.97 Å². The Balaban J connectivity index is 2.12. The number of fused-ring (bicyclic) bond motifs is 1. The molecule has 0 aliphatic rings. The van der Waals surface area contributed by atoms with Gasteiger partial charge < -0.3 is 5.32 Å². The van der Waals surface area contributed by atoms with Gasteiger partial charge in [-0.1, -0.05) is 23.2 Å². The average molecular weight is 342 g/mol. The van der Waals surface area contributed by atoms with E-state index in [1.54, 1.807) is 0 Å². The molecule has 112 valence electrons. The lowest BCUT2D eigenvalue weighted by molar-refractivity contribution is 0.584. The summed E-state index contributed by atoms with van der Waals surface area (Å²) in [5.74, 6) is -1.52. The molecule has 0 spiro atoms. The minimum absolute atomic E-state index is 0.00772. The monoisotopic (exact) mass is 341 g/mol. The molecule has 0 unspecified atom stereocenters. The number of aromatic amines is 1. The second-order valence-electron chi connectivity index (χ2n) is 4.46. The van der Waals surface area contributed by atoms with Gasteiger partial charge in [-0.15, -0.1) is 0 Å². The van der Waals surface area contributed by atoms with Crippen LogP contribution in [0, 0.1) is 11.6 Å². The average Bonchev–Trinajstić information content (AvgIpc) is 2.42. The molecule has 0 bridgehead atoms. The van der Waals surface area contributed by atoms with E-state index in [4.69, 9.17) is 23.2 Å². The predicted octanol–water partition coefficient (Wildman–Crippen LogP) is 4.25. The van der Waals surface area contributed by atoms with Crippen LogP contribution < -0.4 is 10.9 Å². The standard InChI is InChI=1S/C14H7Cl2F2N3O/c15-10-2-1-9-12(11(10)16)20-14(21-13(9)22)19-8-4-6(17)3-7(18)5-8/h1-5H,(H2,19,20,21,22). The first-order valence-corrected chi connectivity index (χ1v) is 6.81. The minimum atomic E-state index is -0.758. The summed E-state index contributed by atoms with van der Waals surface area (Å²) in [5, 5.41) is 3.24. The molecule has 0 aliphatic carbocycles. The number of nitrogens with zero attached hydrogens (tertiary/aromatic N) is 1. The molecule has 1 aromatic heterocycles. The van der Waals surface area contributed by atoms with Crippen molar-refractivity contribution in [1.82, 2.24) is 9.97 Å². The van der Waals surface area contributed by atoms with E-state index in [2.05, 4.69) is 15.3 Å². The molecule has 2 aromatic carbocycles. The highest BCUT2D eigenvalue weighted by molar-refractivity contribution is 6.44. The lowest BCUT2D eigenvalue weighted by Gasteiger charge is -2.08. The van der Waals surface area contributed by atoms with Gasteiger partial charge in [0.15, 0.2) is 0 Å². The first-order valence-electron chi connectivity index (χ1n) is 6.05. The smallest absolute Gasteiger partial charge is 0.260 e. The van der Waals surface area contributed by atoms with E-state index >= 15 is 0 Å². The fourth-order valence-corrected chi connectivity index (χ4v) is 2.33. The van der Waals surface area contributed by atoms with Crippen molar-refractivity contribution in [3.63, 3.8) is 0 Å². The largest absolute Gasteiger partial charge is 0.325 e. The van der Waals surface area contributed by atoms with Gasteiger partial charge in [0.1, 0.15) is 11.6 Å². The van der Waals surface area contributed by atoms with Gasteiger partial charge in [-0.2, -0.15) is 0 Å². The number of nitrogens with one attached hydrogen (secondary N) is 2. The quantitative estimate of drug-likeness (QED) is 0.732. The summed E-state index contributed by atoms with van der Waals surface area (Å²) in [5.41, 5.74) is -0.168. The van der Waals surface area contributed by atoms with Crippen LogP contribution in [0.15, 0.2) is 35.1 Å². The van der Waals surface area contributed by atoms with Gasteiger partial charge in [0, 0.05) is 11.8 Å². The minimum Gasteiger partial charge on any atom is -0.325 e. The summed E-state index contributed by atoms with van der Waals surface area (Å²) in [6.07, 6.45) is 0. The maximum Gasteiger partial charge on any atom is 0.260 e. The van der Waals surface area contributed by atoms with Crippen molar-refractivity contribution in [2.75, 3.05) is 5.32 Å². The van der Waals surface area contributed by atoms with Gasteiger partial charge in [0.05, 0.1) is 20.9 Å². The molecule has 3 rings (SSSR count). The summed E-state index contributed by atoms with van der Waals surface area (Å²) in [4.78, 5) is 18.6. The number of rotatable bonds is 2. The molecule has 0 saturated carbocycles. The second kappa shape index (κ2) is 5.55. The Morgan fingerprint density at radius 3 is 2.45 bits per heavy atom. The van der Waals surface area contributed by atoms with Gasteiger partial charge in [0.2, 0.25) is 5.95 Å². The first kappa shape index (κ1) is 14.7. The zero-order valence-corrected chi connectivity index (χ0v) is 12.3. The summed E-state index contributed by atoms with van der Waals surface area (Å²) >= 11 is 11.9. The third-order valence-electron chi connectivity index (χ3n) is 2.89. The molecule has 0 amide bonds. The van der Waals surface area contributed by atoms with E-state index in [9.17, 15) is 13.6 Å². The van der Waals surface area contributed by atoms with Crippen LogP contribution in [0.5, 0.6) is 0 Å². The Morgan fingerprint density at radius 2 is 1.77 bits per heavy atom. The van der Waals surface area contributed by atoms with Crippen LogP contribution in [0.2, 0.25) is 10.0 Å². The predicted molar refractivity (Wildman–Crippen MR) is 82.0 cm³/mol. The molecule has 0 aliphatic heterocycles. The molecule has 22 heavy (non-hydrogen) atoms. The third-order valence-corrected chi connectivity index (χ3v) is 3.69. The van der Waals surface area contributed by atoms with Crippen molar-refractivity contribution in [3.05, 3.63) is 62.4 Å². The van der Waals surface area contributed by atoms with E-state index in [-0.39, 0.29) is 32.6 Å². The highest BCUT2D eigenvalue weighted by Gasteiger charge is 2.11. The maximum atomic E-state index is 13.2.